The van der Waals surface area contributed by atoms with Crippen molar-refractivity contribution in [3.05, 3.63) is 22.4 Å². The summed E-state index contributed by atoms with van der Waals surface area (Å²) in [6, 6.07) is 1.83. The summed E-state index contributed by atoms with van der Waals surface area (Å²) in [6.45, 7) is 4.40. The zero-order valence-corrected chi connectivity index (χ0v) is 12.8. The van der Waals surface area contributed by atoms with Gasteiger partial charge in [0.1, 0.15) is 5.60 Å². The Morgan fingerprint density at radius 2 is 1.95 bits per heavy atom. The van der Waals surface area contributed by atoms with E-state index in [9.17, 15) is 14.7 Å². The van der Waals surface area contributed by atoms with Crippen LogP contribution >= 0.6 is 11.3 Å². The number of nitrogens with one attached hydrogen (secondary N) is 2. The molecule has 0 bridgehead atoms. The third-order valence-electron chi connectivity index (χ3n) is 2.92. The normalized spacial score (nSPS) is 13.6. The Labute approximate surface area is 123 Å². The van der Waals surface area contributed by atoms with E-state index in [1.165, 1.54) is 11.3 Å². The molecule has 112 valence electrons. The molecule has 2 amide bonds. The van der Waals surface area contributed by atoms with Crippen molar-refractivity contribution in [3.63, 3.8) is 0 Å². The lowest BCUT2D eigenvalue weighted by molar-refractivity contribution is -0.127. The Hall–Kier alpha value is -1.40. The molecule has 1 atom stereocenters. The van der Waals surface area contributed by atoms with Crippen LogP contribution in [0.5, 0.6) is 0 Å². The summed E-state index contributed by atoms with van der Waals surface area (Å²) < 4.78 is 0. The molecule has 0 aliphatic heterocycles. The molecule has 3 N–H and O–H groups in total. The largest absolute Gasteiger partial charge is 0.384 e. The maximum absolute atomic E-state index is 11.6. The summed E-state index contributed by atoms with van der Waals surface area (Å²) in [7, 11) is 0. The maximum atomic E-state index is 11.6. The Balaban J connectivity index is 2.28. The first-order valence-corrected chi connectivity index (χ1v) is 7.68. The van der Waals surface area contributed by atoms with Gasteiger partial charge in [-0.05, 0) is 35.7 Å². The highest BCUT2D eigenvalue weighted by atomic mass is 32.1. The van der Waals surface area contributed by atoms with Crippen LogP contribution in [-0.2, 0) is 15.2 Å². The van der Waals surface area contributed by atoms with Gasteiger partial charge in [-0.15, -0.1) is 0 Å². The molecule has 20 heavy (non-hydrogen) atoms. The minimum absolute atomic E-state index is 0.119. The SMILES string of the molecule is CCCNC(=O)CCC(=O)NCC(C)(O)c1ccsc1. The van der Waals surface area contributed by atoms with E-state index in [1.54, 1.807) is 6.92 Å². The molecule has 1 heterocycles. The van der Waals surface area contributed by atoms with Crippen molar-refractivity contribution >= 4 is 23.2 Å². The van der Waals surface area contributed by atoms with E-state index >= 15 is 0 Å². The van der Waals surface area contributed by atoms with E-state index in [4.69, 9.17) is 0 Å². The molecule has 1 aromatic heterocycles. The molecule has 1 aromatic rings. The third kappa shape index (κ3) is 5.71. The standard InChI is InChI=1S/C14H22N2O3S/c1-3-7-15-12(17)4-5-13(18)16-10-14(2,19)11-6-8-20-9-11/h6,8-9,19H,3-5,7,10H2,1-2H3,(H,15,17)(H,16,18). The van der Waals surface area contributed by atoms with Crippen molar-refractivity contribution in [3.8, 4) is 0 Å². The molecule has 1 rings (SSSR count). The van der Waals surface area contributed by atoms with Crippen molar-refractivity contribution in [1.29, 1.82) is 0 Å². The van der Waals surface area contributed by atoms with Gasteiger partial charge in [0, 0.05) is 19.4 Å². The lowest BCUT2D eigenvalue weighted by atomic mass is 9.99. The number of thiophene rings is 1. The fraction of sp³-hybridized carbons (Fsp3) is 0.571. The molecule has 0 fully saturated rings. The first-order chi connectivity index (χ1) is 9.45. The van der Waals surface area contributed by atoms with Crippen molar-refractivity contribution in [2.24, 2.45) is 0 Å². The molecule has 0 radical (unpaired) electrons. The topological polar surface area (TPSA) is 78.4 Å². The third-order valence-corrected chi connectivity index (χ3v) is 3.61. The molecule has 0 aliphatic rings. The first kappa shape index (κ1) is 16.7. The van der Waals surface area contributed by atoms with Crippen LogP contribution in [0.15, 0.2) is 16.8 Å². The maximum Gasteiger partial charge on any atom is 0.220 e. The highest BCUT2D eigenvalue weighted by Crippen LogP contribution is 2.21. The van der Waals surface area contributed by atoms with Crippen molar-refractivity contribution in [1.82, 2.24) is 10.6 Å². The second-order valence-corrected chi connectivity index (χ2v) is 5.69. The van der Waals surface area contributed by atoms with Gasteiger partial charge in [-0.25, -0.2) is 0 Å². The van der Waals surface area contributed by atoms with E-state index < -0.39 is 5.60 Å². The average molecular weight is 298 g/mol. The zero-order valence-electron chi connectivity index (χ0n) is 11.9. The second-order valence-electron chi connectivity index (χ2n) is 4.91. The summed E-state index contributed by atoms with van der Waals surface area (Å²) >= 11 is 1.50. The van der Waals surface area contributed by atoms with Crippen molar-refractivity contribution < 1.29 is 14.7 Å². The zero-order chi connectivity index (χ0) is 15.0. The molecular formula is C14H22N2O3S. The minimum Gasteiger partial charge on any atom is -0.384 e. The van der Waals surface area contributed by atoms with Gasteiger partial charge in [0.15, 0.2) is 0 Å². The quantitative estimate of drug-likeness (QED) is 0.678. The number of aliphatic hydroxyl groups is 1. The molecule has 5 nitrogen and oxygen atoms in total. The van der Waals surface area contributed by atoms with Gasteiger partial charge in [0.2, 0.25) is 11.8 Å². The van der Waals surface area contributed by atoms with E-state index in [-0.39, 0.29) is 31.2 Å². The Bertz CT molecular complexity index is 430. The van der Waals surface area contributed by atoms with Crippen LogP contribution < -0.4 is 10.6 Å². The van der Waals surface area contributed by atoms with E-state index in [2.05, 4.69) is 10.6 Å². The average Bonchev–Trinajstić information content (AvgIpc) is 2.95. The molecule has 1 unspecified atom stereocenters. The molecular weight excluding hydrogens is 276 g/mol. The molecule has 0 saturated heterocycles. The summed E-state index contributed by atoms with van der Waals surface area (Å²) in [5, 5.41) is 19.3. The molecule has 0 aliphatic carbocycles. The summed E-state index contributed by atoms with van der Waals surface area (Å²) in [5.74, 6) is -0.348. The van der Waals surface area contributed by atoms with Gasteiger partial charge in [-0.2, -0.15) is 11.3 Å². The summed E-state index contributed by atoms with van der Waals surface area (Å²) in [5.41, 5.74) is -0.302. The molecule has 6 heteroatoms. The number of carbonyl (C=O) groups excluding carboxylic acids is 2. The lowest BCUT2D eigenvalue weighted by Crippen LogP contribution is -2.38. The first-order valence-electron chi connectivity index (χ1n) is 6.74. The van der Waals surface area contributed by atoms with Crippen LogP contribution in [0.3, 0.4) is 0 Å². The summed E-state index contributed by atoms with van der Waals surface area (Å²) in [6.07, 6.45) is 1.18. The second kappa shape index (κ2) is 8.01. The van der Waals surface area contributed by atoms with Crippen LogP contribution in [0, 0.1) is 0 Å². The van der Waals surface area contributed by atoms with Gasteiger partial charge in [0.25, 0.3) is 0 Å². The van der Waals surface area contributed by atoms with Gasteiger partial charge in [0.05, 0.1) is 6.54 Å². The Morgan fingerprint density at radius 1 is 1.30 bits per heavy atom. The Kier molecular flexibility index (Phi) is 6.67. The number of amides is 2. The number of carbonyl (C=O) groups is 2. The molecule has 0 saturated carbocycles. The molecule has 0 aromatic carbocycles. The van der Waals surface area contributed by atoms with Crippen molar-refractivity contribution in [2.75, 3.05) is 13.1 Å². The molecule has 0 spiro atoms. The van der Waals surface area contributed by atoms with E-state index in [0.29, 0.717) is 6.54 Å². The fourth-order valence-electron chi connectivity index (χ4n) is 1.61. The highest BCUT2D eigenvalue weighted by Gasteiger charge is 2.24. The Morgan fingerprint density at radius 3 is 2.50 bits per heavy atom. The van der Waals surface area contributed by atoms with Crippen LogP contribution in [-0.4, -0.2) is 30.0 Å². The van der Waals surface area contributed by atoms with Gasteiger partial charge >= 0.3 is 0 Å². The smallest absolute Gasteiger partial charge is 0.220 e. The number of hydrogen-bond donors (Lipinski definition) is 3. The van der Waals surface area contributed by atoms with E-state index in [1.807, 2.05) is 23.8 Å². The van der Waals surface area contributed by atoms with Crippen LogP contribution in [0.1, 0.15) is 38.7 Å². The minimum atomic E-state index is -1.08. The highest BCUT2D eigenvalue weighted by molar-refractivity contribution is 7.08. The number of hydrogen-bond acceptors (Lipinski definition) is 4. The van der Waals surface area contributed by atoms with Gasteiger partial charge < -0.3 is 15.7 Å². The number of rotatable bonds is 8. The fourth-order valence-corrected chi connectivity index (χ4v) is 2.39. The van der Waals surface area contributed by atoms with E-state index in [0.717, 1.165) is 12.0 Å². The van der Waals surface area contributed by atoms with Crippen molar-refractivity contribution in [2.45, 2.75) is 38.7 Å². The van der Waals surface area contributed by atoms with Crippen LogP contribution in [0.4, 0.5) is 0 Å². The predicted octanol–water partition coefficient (Wildman–Crippen LogP) is 1.38. The predicted molar refractivity (Wildman–Crippen MR) is 79.4 cm³/mol. The van der Waals surface area contributed by atoms with Gasteiger partial charge in [-0.3, -0.25) is 9.59 Å². The van der Waals surface area contributed by atoms with Crippen LogP contribution in [0.2, 0.25) is 0 Å². The van der Waals surface area contributed by atoms with Crippen LogP contribution in [0.25, 0.3) is 0 Å². The monoisotopic (exact) mass is 298 g/mol. The summed E-state index contributed by atoms with van der Waals surface area (Å²) in [4.78, 5) is 23.0. The van der Waals surface area contributed by atoms with Gasteiger partial charge in [-0.1, -0.05) is 6.92 Å². The lowest BCUT2D eigenvalue weighted by Gasteiger charge is -2.22.